The molecule has 1 atom stereocenters. The standard InChI is InChI=1S/C25H24F3N3O3/c26-25(27,28)19-6-2-1-5-18(19)15-31-14-11-29-23(31)17-9-12-30(13-10-17)24(32)22-16-33-20-7-3-4-8-21(20)34-22/h1-8,11,14,17,22H,9-10,12-13,15-16H2. The van der Waals surface area contributed by atoms with E-state index in [-0.39, 0.29) is 30.5 Å². The Morgan fingerprint density at radius 1 is 1.03 bits per heavy atom. The first-order valence-electron chi connectivity index (χ1n) is 11.2. The maximum Gasteiger partial charge on any atom is 0.416 e. The molecule has 178 valence electrons. The Kier molecular flexibility index (Phi) is 5.93. The number of alkyl halides is 3. The van der Waals surface area contributed by atoms with Gasteiger partial charge < -0.3 is 18.9 Å². The fraction of sp³-hybridized carbons (Fsp3) is 0.360. The van der Waals surface area contributed by atoms with Crippen molar-refractivity contribution in [1.29, 1.82) is 0 Å². The highest BCUT2D eigenvalue weighted by molar-refractivity contribution is 5.82. The van der Waals surface area contributed by atoms with E-state index in [4.69, 9.17) is 9.47 Å². The lowest BCUT2D eigenvalue weighted by Gasteiger charge is -2.35. The number of imidazole rings is 1. The molecule has 1 aromatic heterocycles. The molecule has 6 nitrogen and oxygen atoms in total. The van der Waals surface area contributed by atoms with Crippen LogP contribution in [0.15, 0.2) is 60.9 Å². The highest BCUT2D eigenvalue weighted by Crippen LogP contribution is 2.34. The maximum atomic E-state index is 13.4. The topological polar surface area (TPSA) is 56.6 Å². The predicted molar refractivity (Wildman–Crippen MR) is 118 cm³/mol. The molecule has 2 aromatic carbocycles. The van der Waals surface area contributed by atoms with E-state index in [1.807, 2.05) is 12.1 Å². The third-order valence-electron chi connectivity index (χ3n) is 6.37. The zero-order chi connectivity index (χ0) is 23.7. The van der Waals surface area contributed by atoms with Crippen molar-refractivity contribution in [3.8, 4) is 11.5 Å². The molecule has 2 aliphatic rings. The van der Waals surface area contributed by atoms with Crippen LogP contribution >= 0.6 is 0 Å². The Bertz CT molecular complexity index is 1170. The summed E-state index contributed by atoms with van der Waals surface area (Å²) in [5, 5.41) is 0. The number of para-hydroxylation sites is 2. The fourth-order valence-electron chi connectivity index (χ4n) is 4.64. The van der Waals surface area contributed by atoms with Crippen molar-refractivity contribution in [3.05, 3.63) is 77.9 Å². The van der Waals surface area contributed by atoms with Gasteiger partial charge in [0.05, 0.1) is 5.56 Å². The smallest absolute Gasteiger partial charge is 0.416 e. The molecule has 1 amide bonds. The number of benzene rings is 2. The quantitative estimate of drug-likeness (QED) is 0.563. The van der Waals surface area contributed by atoms with Gasteiger partial charge in [0, 0.05) is 37.9 Å². The number of fused-ring (bicyclic) bond motifs is 1. The van der Waals surface area contributed by atoms with Crippen LogP contribution in [0.5, 0.6) is 11.5 Å². The molecule has 2 aliphatic heterocycles. The van der Waals surface area contributed by atoms with Crippen molar-refractivity contribution >= 4 is 5.91 Å². The summed E-state index contributed by atoms with van der Waals surface area (Å²) in [5.41, 5.74) is -0.428. The van der Waals surface area contributed by atoms with Gasteiger partial charge in [0.2, 0.25) is 6.10 Å². The molecule has 0 radical (unpaired) electrons. The zero-order valence-corrected chi connectivity index (χ0v) is 18.4. The minimum atomic E-state index is -4.41. The van der Waals surface area contributed by atoms with Crippen LogP contribution in [0.4, 0.5) is 13.2 Å². The van der Waals surface area contributed by atoms with E-state index in [2.05, 4.69) is 4.98 Å². The molecule has 0 N–H and O–H groups in total. The number of nitrogens with zero attached hydrogens (tertiary/aromatic N) is 3. The number of likely N-dealkylation sites (tertiary alicyclic amines) is 1. The normalized spacial score (nSPS) is 18.7. The van der Waals surface area contributed by atoms with Gasteiger partial charge in [-0.05, 0) is 36.6 Å². The Morgan fingerprint density at radius 2 is 1.74 bits per heavy atom. The summed E-state index contributed by atoms with van der Waals surface area (Å²) in [6, 6.07) is 12.9. The number of carbonyl (C=O) groups excluding carboxylic acids is 1. The first-order chi connectivity index (χ1) is 16.4. The first kappa shape index (κ1) is 22.3. The highest BCUT2D eigenvalue weighted by Gasteiger charge is 2.35. The number of hydrogen-bond donors (Lipinski definition) is 0. The van der Waals surface area contributed by atoms with E-state index in [1.54, 1.807) is 40.1 Å². The van der Waals surface area contributed by atoms with Crippen LogP contribution in [0.3, 0.4) is 0 Å². The summed E-state index contributed by atoms with van der Waals surface area (Å²) in [6.07, 6.45) is -0.415. The van der Waals surface area contributed by atoms with Crippen LogP contribution in [0.2, 0.25) is 0 Å². The molecular formula is C25H24F3N3O3. The van der Waals surface area contributed by atoms with Gasteiger partial charge in [-0.3, -0.25) is 4.79 Å². The number of ether oxygens (including phenoxy) is 2. The van der Waals surface area contributed by atoms with Gasteiger partial charge in [-0.2, -0.15) is 13.2 Å². The van der Waals surface area contributed by atoms with Gasteiger partial charge in [-0.1, -0.05) is 30.3 Å². The molecule has 1 unspecified atom stereocenters. The van der Waals surface area contributed by atoms with Gasteiger partial charge >= 0.3 is 6.18 Å². The lowest BCUT2D eigenvalue weighted by molar-refractivity contribution is -0.142. The van der Waals surface area contributed by atoms with E-state index < -0.39 is 17.8 Å². The highest BCUT2D eigenvalue weighted by atomic mass is 19.4. The number of carbonyl (C=O) groups is 1. The molecule has 5 rings (SSSR count). The Balaban J connectivity index is 1.23. The monoisotopic (exact) mass is 471 g/mol. The summed E-state index contributed by atoms with van der Waals surface area (Å²) in [7, 11) is 0. The minimum Gasteiger partial charge on any atom is -0.485 e. The molecule has 3 aromatic rings. The van der Waals surface area contributed by atoms with Crippen LogP contribution in [-0.2, 0) is 17.5 Å². The van der Waals surface area contributed by atoms with Gasteiger partial charge in [0.1, 0.15) is 12.4 Å². The van der Waals surface area contributed by atoms with E-state index >= 15 is 0 Å². The number of amides is 1. The number of piperidine rings is 1. The van der Waals surface area contributed by atoms with E-state index in [0.29, 0.717) is 37.4 Å². The lowest BCUT2D eigenvalue weighted by atomic mass is 9.95. The molecule has 1 saturated heterocycles. The molecule has 9 heteroatoms. The summed E-state index contributed by atoms with van der Waals surface area (Å²) >= 11 is 0. The Labute approximate surface area is 194 Å². The predicted octanol–water partition coefficient (Wildman–Crippen LogP) is 4.50. The maximum absolute atomic E-state index is 13.4. The van der Waals surface area contributed by atoms with Crippen molar-refractivity contribution in [1.82, 2.24) is 14.5 Å². The fourth-order valence-corrected chi connectivity index (χ4v) is 4.64. The summed E-state index contributed by atoms with van der Waals surface area (Å²) in [6.45, 7) is 1.31. The van der Waals surface area contributed by atoms with Crippen LogP contribution < -0.4 is 9.47 Å². The van der Waals surface area contributed by atoms with Gasteiger partial charge in [0.25, 0.3) is 5.91 Å². The van der Waals surface area contributed by atoms with Crippen LogP contribution in [0.1, 0.15) is 35.7 Å². The molecule has 0 aliphatic carbocycles. The first-order valence-corrected chi connectivity index (χ1v) is 11.2. The molecule has 0 saturated carbocycles. The van der Waals surface area contributed by atoms with E-state index in [9.17, 15) is 18.0 Å². The van der Waals surface area contributed by atoms with E-state index in [1.165, 1.54) is 12.1 Å². The van der Waals surface area contributed by atoms with Gasteiger partial charge in [0.15, 0.2) is 11.5 Å². The second-order valence-electron chi connectivity index (χ2n) is 8.53. The molecule has 3 heterocycles. The van der Waals surface area contributed by atoms with Crippen LogP contribution in [0.25, 0.3) is 0 Å². The largest absolute Gasteiger partial charge is 0.485 e. The summed E-state index contributed by atoms with van der Waals surface area (Å²) in [5.74, 6) is 1.87. The van der Waals surface area contributed by atoms with Gasteiger partial charge in [-0.25, -0.2) is 4.98 Å². The second-order valence-corrected chi connectivity index (χ2v) is 8.53. The summed E-state index contributed by atoms with van der Waals surface area (Å²) < 4.78 is 53.5. The van der Waals surface area contributed by atoms with Crippen molar-refractivity contribution in [2.24, 2.45) is 0 Å². The zero-order valence-electron chi connectivity index (χ0n) is 18.4. The molecule has 0 spiro atoms. The van der Waals surface area contributed by atoms with Crippen LogP contribution in [-0.4, -0.2) is 46.2 Å². The van der Waals surface area contributed by atoms with Crippen molar-refractivity contribution in [2.75, 3.05) is 19.7 Å². The SMILES string of the molecule is O=C(C1COc2ccccc2O1)N1CCC(c2nccn2Cc2ccccc2C(F)(F)F)CC1. The number of rotatable bonds is 4. The Morgan fingerprint density at radius 3 is 2.50 bits per heavy atom. The molecular weight excluding hydrogens is 447 g/mol. The molecule has 1 fully saturated rings. The number of aromatic nitrogens is 2. The number of hydrogen-bond acceptors (Lipinski definition) is 4. The molecule has 0 bridgehead atoms. The summed E-state index contributed by atoms with van der Waals surface area (Å²) in [4.78, 5) is 19.2. The number of halogens is 3. The van der Waals surface area contributed by atoms with Crippen molar-refractivity contribution in [3.63, 3.8) is 0 Å². The third kappa shape index (κ3) is 4.47. The lowest BCUT2D eigenvalue weighted by Crippen LogP contribution is -2.49. The second kappa shape index (κ2) is 9.04. The minimum absolute atomic E-state index is 0.0568. The third-order valence-corrected chi connectivity index (χ3v) is 6.37. The van der Waals surface area contributed by atoms with E-state index in [0.717, 1.165) is 11.9 Å². The van der Waals surface area contributed by atoms with Crippen LogP contribution in [0, 0.1) is 0 Å². The average molecular weight is 471 g/mol. The van der Waals surface area contributed by atoms with Crippen molar-refractivity contribution < 1.29 is 27.4 Å². The van der Waals surface area contributed by atoms with Gasteiger partial charge in [-0.15, -0.1) is 0 Å². The molecule has 34 heavy (non-hydrogen) atoms. The van der Waals surface area contributed by atoms with Crippen molar-refractivity contribution in [2.45, 2.75) is 37.6 Å². The Hall–Kier alpha value is -3.49. The average Bonchev–Trinajstić information content (AvgIpc) is 3.31.